The highest BCUT2D eigenvalue weighted by molar-refractivity contribution is 4.85. The van der Waals surface area contributed by atoms with Crippen molar-refractivity contribution >= 4 is 0 Å². The second-order valence-corrected chi connectivity index (χ2v) is 3.60. The summed E-state index contributed by atoms with van der Waals surface area (Å²) in [7, 11) is 0. The number of hydrogen-bond acceptors (Lipinski definition) is 0. The summed E-state index contributed by atoms with van der Waals surface area (Å²) >= 11 is 0. The van der Waals surface area contributed by atoms with Crippen LogP contribution in [-0.4, -0.2) is 0 Å². The lowest BCUT2D eigenvalue weighted by molar-refractivity contribution is 0.356. The van der Waals surface area contributed by atoms with Crippen molar-refractivity contribution in [3.05, 3.63) is 12.2 Å². The molecule has 0 aliphatic heterocycles. The van der Waals surface area contributed by atoms with Crippen LogP contribution < -0.4 is 0 Å². The van der Waals surface area contributed by atoms with Crippen LogP contribution in [0.4, 0.5) is 0 Å². The first-order valence-electron chi connectivity index (χ1n) is 4.27. The molecule has 60 valence electrons. The summed E-state index contributed by atoms with van der Waals surface area (Å²) in [5.41, 5.74) is 0.506. The Hall–Kier alpha value is -0.260. The van der Waals surface area contributed by atoms with Gasteiger partial charge in [0, 0.05) is 0 Å². The summed E-state index contributed by atoms with van der Waals surface area (Å²) in [6.07, 6.45) is 8.19. The minimum Gasteiger partial charge on any atom is -0.0888 e. The largest absolute Gasteiger partial charge is 0.0888 e. The molecule has 0 bridgehead atoms. The minimum atomic E-state index is 0.506. The van der Waals surface area contributed by atoms with Crippen molar-refractivity contribution in [1.29, 1.82) is 0 Å². The molecule has 0 spiro atoms. The van der Waals surface area contributed by atoms with Gasteiger partial charge in [0.2, 0.25) is 0 Å². The zero-order valence-corrected chi connectivity index (χ0v) is 7.78. The van der Waals surface area contributed by atoms with E-state index in [-0.39, 0.29) is 0 Å². The van der Waals surface area contributed by atoms with Crippen LogP contribution in [-0.2, 0) is 0 Å². The molecule has 10 heavy (non-hydrogen) atoms. The highest BCUT2D eigenvalue weighted by atomic mass is 14.2. The topological polar surface area (TPSA) is 0 Å². The number of allylic oxidation sites excluding steroid dienone is 2. The lowest BCUT2D eigenvalue weighted by Gasteiger charge is -2.19. The molecule has 0 aliphatic rings. The van der Waals surface area contributed by atoms with Gasteiger partial charge in [0.25, 0.3) is 0 Å². The van der Waals surface area contributed by atoms with Crippen LogP contribution in [0.25, 0.3) is 0 Å². The van der Waals surface area contributed by atoms with Crippen molar-refractivity contribution in [3.63, 3.8) is 0 Å². The van der Waals surface area contributed by atoms with Crippen molar-refractivity contribution in [1.82, 2.24) is 0 Å². The average molecular weight is 140 g/mol. The quantitative estimate of drug-likeness (QED) is 0.521. The van der Waals surface area contributed by atoms with E-state index in [1.807, 2.05) is 0 Å². The highest BCUT2D eigenvalue weighted by Gasteiger charge is 2.11. The Kier molecular flexibility index (Phi) is 4.42. The van der Waals surface area contributed by atoms with Crippen molar-refractivity contribution in [2.24, 2.45) is 5.41 Å². The van der Waals surface area contributed by atoms with Crippen LogP contribution in [0.2, 0.25) is 0 Å². The predicted molar refractivity (Wildman–Crippen MR) is 48.1 cm³/mol. The molecule has 0 N–H and O–H groups in total. The fourth-order valence-electron chi connectivity index (χ4n) is 0.713. The van der Waals surface area contributed by atoms with Gasteiger partial charge in [-0.05, 0) is 18.3 Å². The Balaban J connectivity index is 3.56. The maximum atomic E-state index is 2.31. The molecule has 0 nitrogen and oxygen atoms in total. The molecule has 0 fully saturated rings. The molecule has 0 aromatic heterocycles. The third kappa shape index (κ3) is 4.60. The highest BCUT2D eigenvalue weighted by Crippen LogP contribution is 2.24. The summed E-state index contributed by atoms with van der Waals surface area (Å²) in [5.74, 6) is 0. The summed E-state index contributed by atoms with van der Waals surface area (Å²) in [4.78, 5) is 0. The molecule has 0 rings (SSSR count). The maximum absolute atomic E-state index is 2.31. The van der Waals surface area contributed by atoms with Crippen LogP contribution in [0.1, 0.15) is 47.0 Å². The molecule has 0 unspecified atom stereocenters. The van der Waals surface area contributed by atoms with Crippen LogP contribution in [0.5, 0.6) is 0 Å². The fraction of sp³-hybridized carbons (Fsp3) is 0.800. The van der Waals surface area contributed by atoms with E-state index in [2.05, 4.69) is 39.8 Å². The molecular weight excluding hydrogens is 120 g/mol. The van der Waals surface area contributed by atoms with Gasteiger partial charge in [-0.2, -0.15) is 0 Å². The molecule has 0 heteroatoms. The van der Waals surface area contributed by atoms with Crippen molar-refractivity contribution in [2.45, 2.75) is 47.0 Å². The van der Waals surface area contributed by atoms with Crippen molar-refractivity contribution in [2.75, 3.05) is 0 Å². The van der Waals surface area contributed by atoms with E-state index in [1.54, 1.807) is 0 Å². The molecule has 0 aliphatic carbocycles. The van der Waals surface area contributed by atoms with Crippen LogP contribution in [0, 0.1) is 5.41 Å². The first-order valence-corrected chi connectivity index (χ1v) is 4.27. The Morgan fingerprint density at radius 3 is 2.10 bits per heavy atom. The lowest BCUT2D eigenvalue weighted by Crippen LogP contribution is -2.06. The monoisotopic (exact) mass is 140 g/mol. The van der Waals surface area contributed by atoms with Gasteiger partial charge in [0.1, 0.15) is 0 Å². The predicted octanol–water partition coefficient (Wildman–Crippen LogP) is 3.78. The molecule has 0 amide bonds. The smallest absolute Gasteiger partial charge is 0.0299 e. The van der Waals surface area contributed by atoms with Crippen LogP contribution in [0.3, 0.4) is 0 Å². The third-order valence-corrected chi connectivity index (χ3v) is 2.03. The molecule has 0 saturated heterocycles. The first-order chi connectivity index (χ1) is 4.62. The van der Waals surface area contributed by atoms with E-state index in [4.69, 9.17) is 0 Å². The van der Waals surface area contributed by atoms with Gasteiger partial charge in [-0.15, -0.1) is 0 Å². The Labute approximate surface area is 65.3 Å². The fourth-order valence-corrected chi connectivity index (χ4v) is 0.713. The van der Waals surface area contributed by atoms with Gasteiger partial charge >= 0.3 is 0 Å². The van der Waals surface area contributed by atoms with Gasteiger partial charge in [0.15, 0.2) is 0 Å². The van der Waals surface area contributed by atoms with E-state index < -0.39 is 0 Å². The zero-order valence-electron chi connectivity index (χ0n) is 7.78. The molecular formula is C10H20. The van der Waals surface area contributed by atoms with Gasteiger partial charge in [-0.1, -0.05) is 46.3 Å². The molecule has 0 saturated carbocycles. The van der Waals surface area contributed by atoms with E-state index >= 15 is 0 Å². The number of hydrogen-bond donors (Lipinski definition) is 0. The summed E-state index contributed by atoms with van der Waals surface area (Å²) in [5, 5.41) is 0. The average Bonchev–Trinajstić information content (AvgIpc) is 1.89. The first kappa shape index (κ1) is 9.74. The van der Waals surface area contributed by atoms with Crippen molar-refractivity contribution < 1.29 is 0 Å². The van der Waals surface area contributed by atoms with Crippen molar-refractivity contribution in [3.8, 4) is 0 Å². The minimum absolute atomic E-state index is 0.506. The third-order valence-electron chi connectivity index (χ3n) is 2.03. The van der Waals surface area contributed by atoms with Crippen LogP contribution >= 0.6 is 0 Å². The summed E-state index contributed by atoms with van der Waals surface area (Å²) in [6, 6.07) is 0. The normalized spacial score (nSPS) is 12.8. The molecule has 0 aromatic carbocycles. The standard InChI is InChI=1S/C10H20/c1-5-7-8-9-10(3,4)6-2/h7-8H,5-6,9H2,1-4H3/b8-7-. The van der Waals surface area contributed by atoms with Gasteiger partial charge in [-0.25, -0.2) is 0 Å². The molecule has 0 atom stereocenters. The number of rotatable bonds is 4. The second-order valence-electron chi connectivity index (χ2n) is 3.60. The van der Waals surface area contributed by atoms with E-state index in [9.17, 15) is 0 Å². The lowest BCUT2D eigenvalue weighted by atomic mass is 9.86. The molecule has 0 aromatic rings. The van der Waals surface area contributed by atoms with E-state index in [0.717, 1.165) is 0 Å². The molecule has 0 radical (unpaired) electrons. The summed E-state index contributed by atoms with van der Waals surface area (Å²) < 4.78 is 0. The Morgan fingerprint density at radius 1 is 1.10 bits per heavy atom. The van der Waals surface area contributed by atoms with E-state index in [1.165, 1.54) is 19.3 Å². The van der Waals surface area contributed by atoms with Gasteiger partial charge in [0.05, 0.1) is 0 Å². The Morgan fingerprint density at radius 2 is 1.70 bits per heavy atom. The SMILES string of the molecule is CC/C=C\CC(C)(C)CC. The van der Waals surface area contributed by atoms with Gasteiger partial charge in [-0.3, -0.25) is 0 Å². The second kappa shape index (κ2) is 4.54. The van der Waals surface area contributed by atoms with E-state index in [0.29, 0.717) is 5.41 Å². The van der Waals surface area contributed by atoms with Crippen LogP contribution in [0.15, 0.2) is 12.2 Å². The summed E-state index contributed by atoms with van der Waals surface area (Å²) in [6.45, 7) is 9.05. The van der Waals surface area contributed by atoms with Gasteiger partial charge < -0.3 is 0 Å². The maximum Gasteiger partial charge on any atom is -0.0299 e. The zero-order chi connectivity index (χ0) is 8.04. The Bertz CT molecular complexity index is 98.6. The molecule has 0 heterocycles.